The summed E-state index contributed by atoms with van der Waals surface area (Å²) in [6.45, 7) is 7.20. The van der Waals surface area contributed by atoms with Crippen molar-refractivity contribution in [3.63, 3.8) is 0 Å². The zero-order chi connectivity index (χ0) is 9.47. The van der Waals surface area contributed by atoms with Crippen LogP contribution in [-0.4, -0.2) is 0 Å². The maximum atomic E-state index is 2.46. The van der Waals surface area contributed by atoms with E-state index in [4.69, 9.17) is 0 Å². The van der Waals surface area contributed by atoms with Crippen molar-refractivity contribution in [1.29, 1.82) is 0 Å². The summed E-state index contributed by atoms with van der Waals surface area (Å²) in [5.74, 6) is 3.25. The molecule has 0 amide bonds. The van der Waals surface area contributed by atoms with Gasteiger partial charge in [-0.05, 0) is 42.4 Å². The zero-order valence-electron chi connectivity index (χ0n) is 9.47. The first-order valence-corrected chi connectivity index (χ1v) is 6.24. The third kappa shape index (κ3) is 1.17. The minimum Gasteiger partial charge on any atom is -0.0654 e. The van der Waals surface area contributed by atoms with Crippen LogP contribution in [0.25, 0.3) is 0 Å². The van der Waals surface area contributed by atoms with Gasteiger partial charge < -0.3 is 0 Å². The molecule has 2 fully saturated rings. The van der Waals surface area contributed by atoms with Crippen molar-refractivity contribution in [2.24, 2.45) is 23.2 Å². The number of fused-ring (bicyclic) bond motifs is 1. The molecule has 4 atom stereocenters. The van der Waals surface area contributed by atoms with Crippen LogP contribution in [0.2, 0.25) is 0 Å². The maximum absolute atomic E-state index is 2.46. The van der Waals surface area contributed by atoms with Crippen molar-refractivity contribution < 1.29 is 0 Å². The molecule has 0 saturated heterocycles. The Hall–Kier alpha value is 0. The highest BCUT2D eigenvalue weighted by molar-refractivity contribution is 5.09. The molecule has 2 rings (SSSR count). The molecule has 0 N–H and O–H groups in total. The van der Waals surface area contributed by atoms with Crippen molar-refractivity contribution in [3.05, 3.63) is 0 Å². The van der Waals surface area contributed by atoms with Crippen molar-refractivity contribution >= 4 is 0 Å². The summed E-state index contributed by atoms with van der Waals surface area (Å²) in [6.07, 6.45) is 8.95. The Kier molecular flexibility index (Phi) is 2.42. The van der Waals surface area contributed by atoms with Crippen LogP contribution in [0, 0.1) is 23.2 Å². The van der Waals surface area contributed by atoms with Crippen LogP contribution in [0.1, 0.15) is 59.3 Å². The van der Waals surface area contributed by atoms with E-state index in [1.807, 2.05) is 0 Å². The first-order valence-electron chi connectivity index (χ1n) is 6.24. The second-order valence-corrected chi connectivity index (χ2v) is 5.45. The average Bonchev–Trinajstić information content (AvgIpc) is 2.09. The van der Waals surface area contributed by atoms with Gasteiger partial charge in [0.05, 0.1) is 0 Å². The fourth-order valence-electron chi connectivity index (χ4n) is 4.29. The first kappa shape index (κ1) is 9.55. The van der Waals surface area contributed by atoms with Gasteiger partial charge in [0, 0.05) is 0 Å². The van der Waals surface area contributed by atoms with E-state index in [2.05, 4.69) is 20.8 Å². The molecule has 0 radical (unpaired) electrons. The Bertz CT molecular complexity index is 184. The molecule has 0 heteroatoms. The highest BCUT2D eigenvalue weighted by Crippen LogP contribution is 2.68. The third-order valence-corrected chi connectivity index (χ3v) is 4.99. The number of hydrogen-bond donors (Lipinski definition) is 0. The summed E-state index contributed by atoms with van der Waals surface area (Å²) in [4.78, 5) is 0. The summed E-state index contributed by atoms with van der Waals surface area (Å²) in [7, 11) is 0. The minimum absolute atomic E-state index is 0.851. The van der Waals surface area contributed by atoms with Gasteiger partial charge in [-0.15, -0.1) is 0 Å². The lowest BCUT2D eigenvalue weighted by Crippen LogP contribution is -2.58. The van der Waals surface area contributed by atoms with E-state index in [9.17, 15) is 0 Å². The average molecular weight is 180 g/mol. The molecule has 0 aliphatic heterocycles. The number of rotatable bonds is 4. The Balaban J connectivity index is 1.98. The molecule has 0 aromatic carbocycles. The molecule has 13 heavy (non-hydrogen) atoms. The summed E-state index contributed by atoms with van der Waals surface area (Å²) in [5, 5.41) is 0. The summed E-state index contributed by atoms with van der Waals surface area (Å²) >= 11 is 0. The van der Waals surface area contributed by atoms with Crippen molar-refractivity contribution in [3.8, 4) is 0 Å². The molecular weight excluding hydrogens is 156 g/mol. The van der Waals surface area contributed by atoms with Crippen molar-refractivity contribution in [2.45, 2.75) is 59.3 Å². The predicted octanol–water partition coefficient (Wildman–Crippen LogP) is 4.25. The normalized spacial score (nSPS) is 44.5. The van der Waals surface area contributed by atoms with Gasteiger partial charge in [0.25, 0.3) is 0 Å². The highest BCUT2D eigenvalue weighted by Gasteiger charge is 2.60. The lowest BCUT2D eigenvalue weighted by Gasteiger charge is -2.66. The maximum Gasteiger partial charge on any atom is -0.0236 e. The van der Waals surface area contributed by atoms with Crippen LogP contribution < -0.4 is 0 Å². The van der Waals surface area contributed by atoms with E-state index in [1.165, 1.54) is 19.3 Å². The van der Waals surface area contributed by atoms with Crippen molar-refractivity contribution in [2.75, 3.05) is 0 Å². The van der Waals surface area contributed by atoms with Crippen LogP contribution in [0.4, 0.5) is 0 Å². The summed E-state index contributed by atoms with van der Waals surface area (Å²) < 4.78 is 0. The van der Waals surface area contributed by atoms with E-state index in [0.29, 0.717) is 0 Å². The molecule has 4 unspecified atom stereocenters. The Morgan fingerprint density at radius 1 is 1.38 bits per heavy atom. The lowest BCUT2D eigenvalue weighted by molar-refractivity contribution is -0.170. The van der Waals surface area contributed by atoms with Gasteiger partial charge in [0.2, 0.25) is 0 Å². The summed E-state index contributed by atoms with van der Waals surface area (Å²) in [5.41, 5.74) is 0.851. The van der Waals surface area contributed by atoms with E-state index in [-0.39, 0.29) is 0 Å². The van der Waals surface area contributed by atoms with Crippen LogP contribution in [0.5, 0.6) is 0 Å². The van der Waals surface area contributed by atoms with Gasteiger partial charge in [-0.2, -0.15) is 0 Å². The minimum atomic E-state index is 0.851. The summed E-state index contributed by atoms with van der Waals surface area (Å²) in [6, 6.07) is 0. The standard InChI is InChI=1S/C13H24/c1-4-6-11(5-2)13-8-7-12(13)10(3)9-13/h10-12H,4-9H2,1-3H3. The predicted molar refractivity (Wildman–Crippen MR) is 57.6 cm³/mol. The molecule has 0 spiro atoms. The molecule has 0 aromatic rings. The van der Waals surface area contributed by atoms with Gasteiger partial charge >= 0.3 is 0 Å². The van der Waals surface area contributed by atoms with E-state index in [1.54, 1.807) is 19.3 Å². The smallest absolute Gasteiger partial charge is 0.0236 e. The molecule has 0 bridgehead atoms. The quantitative estimate of drug-likeness (QED) is 0.606. The monoisotopic (exact) mass is 180 g/mol. The highest BCUT2D eigenvalue weighted by atomic mass is 14.6. The van der Waals surface area contributed by atoms with Crippen LogP contribution in [-0.2, 0) is 0 Å². The van der Waals surface area contributed by atoms with E-state index < -0.39 is 0 Å². The van der Waals surface area contributed by atoms with Gasteiger partial charge in [0.15, 0.2) is 0 Å². The molecular formula is C13H24. The van der Waals surface area contributed by atoms with Crippen LogP contribution >= 0.6 is 0 Å². The Labute approximate surface area is 83.1 Å². The Morgan fingerprint density at radius 3 is 2.46 bits per heavy atom. The second-order valence-electron chi connectivity index (χ2n) is 5.45. The lowest BCUT2D eigenvalue weighted by atomic mass is 9.38. The fourth-order valence-corrected chi connectivity index (χ4v) is 4.29. The molecule has 0 aromatic heterocycles. The molecule has 2 saturated carbocycles. The van der Waals surface area contributed by atoms with Gasteiger partial charge in [-0.1, -0.05) is 40.0 Å². The van der Waals surface area contributed by atoms with Crippen LogP contribution in [0.3, 0.4) is 0 Å². The molecule has 0 nitrogen and oxygen atoms in total. The van der Waals surface area contributed by atoms with Crippen molar-refractivity contribution in [1.82, 2.24) is 0 Å². The van der Waals surface area contributed by atoms with Gasteiger partial charge in [-0.25, -0.2) is 0 Å². The molecule has 76 valence electrons. The van der Waals surface area contributed by atoms with E-state index in [0.717, 1.165) is 23.2 Å². The third-order valence-electron chi connectivity index (χ3n) is 4.99. The van der Waals surface area contributed by atoms with Gasteiger partial charge in [0.1, 0.15) is 0 Å². The van der Waals surface area contributed by atoms with E-state index >= 15 is 0 Å². The molecule has 2 aliphatic carbocycles. The second kappa shape index (κ2) is 3.29. The topological polar surface area (TPSA) is 0 Å². The molecule has 2 aliphatic rings. The van der Waals surface area contributed by atoms with Gasteiger partial charge in [-0.3, -0.25) is 0 Å². The Morgan fingerprint density at radius 2 is 2.15 bits per heavy atom. The zero-order valence-corrected chi connectivity index (χ0v) is 9.47. The first-order chi connectivity index (χ1) is 6.24. The largest absolute Gasteiger partial charge is 0.0654 e. The molecule has 0 heterocycles. The fraction of sp³-hybridized carbons (Fsp3) is 1.00. The van der Waals surface area contributed by atoms with Crippen LogP contribution in [0.15, 0.2) is 0 Å². The number of hydrogen-bond acceptors (Lipinski definition) is 0. The SMILES string of the molecule is CCCC(CC)C12CCC1C(C)C2.